The van der Waals surface area contributed by atoms with Crippen LogP contribution < -0.4 is 10.9 Å². The Hall–Kier alpha value is -0.280. The zero-order valence-corrected chi connectivity index (χ0v) is 7.28. The van der Waals surface area contributed by atoms with E-state index in [4.69, 9.17) is 0 Å². The highest BCUT2D eigenvalue weighted by molar-refractivity contribution is 8.09. The molecule has 6 nitrogen and oxygen atoms in total. The summed E-state index contributed by atoms with van der Waals surface area (Å²) in [5, 5.41) is 1.58. The van der Waals surface area contributed by atoms with Gasteiger partial charge in [-0.1, -0.05) is 0 Å². The van der Waals surface area contributed by atoms with Gasteiger partial charge in [0.05, 0.1) is 0 Å². The molecule has 8 heteroatoms. The molecule has 0 atom stereocenters. The third kappa shape index (κ3) is 2.07. The number of hydrazine groups is 1. The van der Waals surface area contributed by atoms with Gasteiger partial charge in [0.1, 0.15) is 0 Å². The Morgan fingerprint density at radius 3 is 2.91 bits per heavy atom. The maximum absolute atomic E-state index is 11.0. The minimum Gasteiger partial charge on any atom is -0.300 e. The Kier molecular flexibility index (Phi) is 2.73. The van der Waals surface area contributed by atoms with Crippen LogP contribution in [0.2, 0.25) is 0 Å². The SMILES string of the molecule is CNOS(=O)(=O)N1NC=CS1. The highest BCUT2D eigenvalue weighted by Crippen LogP contribution is 2.18. The molecular weight excluding hydrogens is 190 g/mol. The van der Waals surface area contributed by atoms with Crippen LogP contribution in [0.15, 0.2) is 11.6 Å². The molecule has 0 amide bonds. The summed E-state index contributed by atoms with van der Waals surface area (Å²) in [6, 6.07) is 0. The fourth-order valence-corrected chi connectivity index (χ4v) is 1.95. The van der Waals surface area contributed by atoms with Gasteiger partial charge in [-0.05, 0) is 15.8 Å². The first-order valence-corrected chi connectivity index (χ1v) is 4.85. The Morgan fingerprint density at radius 1 is 1.73 bits per heavy atom. The summed E-state index contributed by atoms with van der Waals surface area (Å²) in [5.74, 6) is 0. The summed E-state index contributed by atoms with van der Waals surface area (Å²) in [6.45, 7) is 0. The molecule has 0 aliphatic carbocycles. The van der Waals surface area contributed by atoms with Crippen LogP contribution in [0.5, 0.6) is 0 Å². The van der Waals surface area contributed by atoms with Gasteiger partial charge in [0.25, 0.3) is 0 Å². The zero-order chi connectivity index (χ0) is 8.32. The van der Waals surface area contributed by atoms with Crippen LogP contribution in [0, 0.1) is 0 Å². The van der Waals surface area contributed by atoms with Crippen LogP contribution in [-0.4, -0.2) is 19.3 Å². The lowest BCUT2D eigenvalue weighted by Gasteiger charge is -2.12. The van der Waals surface area contributed by atoms with E-state index in [1.807, 2.05) is 0 Å². The van der Waals surface area contributed by atoms with E-state index in [-0.39, 0.29) is 0 Å². The third-order valence-electron chi connectivity index (χ3n) is 0.796. The molecule has 1 aliphatic heterocycles. The van der Waals surface area contributed by atoms with Gasteiger partial charge in [0, 0.05) is 18.7 Å². The van der Waals surface area contributed by atoms with Gasteiger partial charge in [-0.3, -0.25) is 0 Å². The number of hydroxylamine groups is 1. The van der Waals surface area contributed by atoms with Gasteiger partial charge in [0.15, 0.2) is 0 Å². The molecule has 0 aromatic carbocycles. The van der Waals surface area contributed by atoms with Gasteiger partial charge in [-0.15, -0.1) is 0 Å². The van der Waals surface area contributed by atoms with Gasteiger partial charge in [-0.25, -0.2) is 0 Å². The molecule has 11 heavy (non-hydrogen) atoms. The molecule has 0 aromatic rings. The monoisotopic (exact) mass is 197 g/mol. The Morgan fingerprint density at radius 2 is 2.45 bits per heavy atom. The smallest absolute Gasteiger partial charge is 0.300 e. The normalized spacial score (nSPS) is 18.6. The second kappa shape index (κ2) is 3.41. The Bertz CT molecular complexity index is 241. The van der Waals surface area contributed by atoms with Crippen molar-refractivity contribution in [3.05, 3.63) is 11.6 Å². The zero-order valence-electron chi connectivity index (χ0n) is 5.64. The van der Waals surface area contributed by atoms with Crippen LogP contribution in [0.25, 0.3) is 0 Å². The number of hydrogen-bond acceptors (Lipinski definition) is 6. The number of nitrogens with zero attached hydrogens (tertiary/aromatic N) is 1. The average Bonchev–Trinajstić information content (AvgIpc) is 2.37. The second-order valence-corrected chi connectivity index (χ2v) is 3.98. The van der Waals surface area contributed by atoms with Crippen molar-refractivity contribution in [1.29, 1.82) is 0 Å². The first-order valence-electron chi connectivity index (χ1n) is 2.65. The topological polar surface area (TPSA) is 70.7 Å². The van der Waals surface area contributed by atoms with Gasteiger partial charge in [0.2, 0.25) is 0 Å². The first kappa shape index (κ1) is 8.81. The predicted molar refractivity (Wildman–Crippen MR) is 40.8 cm³/mol. The van der Waals surface area contributed by atoms with Crippen molar-refractivity contribution in [1.82, 2.24) is 14.7 Å². The molecule has 0 bridgehead atoms. The van der Waals surface area contributed by atoms with Crippen molar-refractivity contribution in [3.63, 3.8) is 0 Å². The molecule has 2 N–H and O–H groups in total. The number of hydrogen-bond donors (Lipinski definition) is 2. The van der Waals surface area contributed by atoms with E-state index in [0.29, 0.717) is 0 Å². The summed E-state index contributed by atoms with van der Waals surface area (Å²) >= 11 is 0.978. The maximum atomic E-state index is 11.0. The molecule has 64 valence electrons. The summed E-state index contributed by atoms with van der Waals surface area (Å²) in [6.07, 6.45) is 1.49. The minimum absolute atomic E-state index is 0.878. The predicted octanol–water partition coefficient (Wildman–Crippen LogP) is -0.678. The number of rotatable bonds is 3. The largest absolute Gasteiger partial charge is 0.381 e. The Labute approximate surface area is 68.9 Å². The van der Waals surface area contributed by atoms with Crippen LogP contribution >= 0.6 is 11.9 Å². The van der Waals surface area contributed by atoms with E-state index in [9.17, 15) is 8.42 Å². The van der Waals surface area contributed by atoms with Crippen LogP contribution in [0.4, 0.5) is 0 Å². The van der Waals surface area contributed by atoms with Crippen molar-refractivity contribution in [2.24, 2.45) is 0 Å². The Balaban J connectivity index is 2.58. The fourth-order valence-electron chi connectivity index (χ4n) is 0.464. The minimum atomic E-state index is -3.70. The van der Waals surface area contributed by atoms with Crippen molar-refractivity contribution in [2.75, 3.05) is 7.05 Å². The highest BCUT2D eigenvalue weighted by Gasteiger charge is 2.24. The quantitative estimate of drug-likeness (QED) is 0.461. The van der Waals surface area contributed by atoms with Crippen molar-refractivity contribution in [3.8, 4) is 0 Å². The fraction of sp³-hybridized carbons (Fsp3) is 0.333. The van der Waals surface area contributed by atoms with Crippen LogP contribution in [-0.2, 0) is 14.6 Å². The van der Waals surface area contributed by atoms with E-state index in [0.717, 1.165) is 15.8 Å². The molecular formula is C3H7N3O3S2. The van der Waals surface area contributed by atoms with E-state index in [1.165, 1.54) is 13.2 Å². The van der Waals surface area contributed by atoms with Gasteiger partial charge in [-0.2, -0.15) is 18.2 Å². The molecule has 0 spiro atoms. The summed E-state index contributed by atoms with van der Waals surface area (Å²) in [5.41, 5.74) is 4.52. The highest BCUT2D eigenvalue weighted by atomic mass is 32.3. The molecule has 1 rings (SSSR count). The van der Waals surface area contributed by atoms with Crippen LogP contribution in [0.1, 0.15) is 0 Å². The van der Waals surface area contributed by atoms with Crippen molar-refractivity contribution >= 4 is 22.3 Å². The lowest BCUT2D eigenvalue weighted by Crippen LogP contribution is -2.34. The molecule has 0 fully saturated rings. The van der Waals surface area contributed by atoms with Crippen molar-refractivity contribution in [2.45, 2.75) is 0 Å². The van der Waals surface area contributed by atoms with E-state index < -0.39 is 10.3 Å². The molecule has 0 unspecified atom stereocenters. The van der Waals surface area contributed by atoms with Crippen LogP contribution in [0.3, 0.4) is 0 Å². The van der Waals surface area contributed by atoms with E-state index >= 15 is 0 Å². The third-order valence-corrected chi connectivity index (χ3v) is 3.05. The lowest BCUT2D eigenvalue weighted by molar-refractivity contribution is 0.213. The first-order chi connectivity index (χ1) is 5.17. The molecule has 0 radical (unpaired) electrons. The molecule has 0 saturated carbocycles. The average molecular weight is 197 g/mol. The summed E-state index contributed by atoms with van der Waals surface area (Å²) in [4.78, 5) is 0. The summed E-state index contributed by atoms with van der Waals surface area (Å²) < 4.78 is 27.0. The van der Waals surface area contributed by atoms with Gasteiger partial charge >= 0.3 is 10.3 Å². The number of nitrogens with one attached hydrogen (secondary N) is 2. The van der Waals surface area contributed by atoms with E-state index in [2.05, 4.69) is 15.2 Å². The summed E-state index contributed by atoms with van der Waals surface area (Å²) in [7, 11) is -2.33. The van der Waals surface area contributed by atoms with E-state index in [1.54, 1.807) is 5.41 Å². The maximum Gasteiger partial charge on any atom is 0.381 e. The van der Waals surface area contributed by atoms with Crippen molar-refractivity contribution < 1.29 is 12.7 Å². The lowest BCUT2D eigenvalue weighted by atomic mass is 11.1. The molecule has 0 saturated heterocycles. The van der Waals surface area contributed by atoms with Gasteiger partial charge < -0.3 is 5.43 Å². The second-order valence-electron chi connectivity index (χ2n) is 1.51. The molecule has 1 heterocycles. The molecule has 1 aliphatic rings. The molecule has 0 aromatic heterocycles. The standard InChI is InChI=1S/C3H7N3O3S2/c1-4-9-11(7,8)6-5-2-3-10-6/h2-5H,1H3.